The number of rotatable bonds is 8. The van der Waals surface area contributed by atoms with Crippen LogP contribution < -0.4 is 15.4 Å². The van der Waals surface area contributed by atoms with Gasteiger partial charge in [-0.1, -0.05) is 23.9 Å². The molecule has 0 aliphatic carbocycles. The van der Waals surface area contributed by atoms with Gasteiger partial charge < -0.3 is 20.1 Å². The highest BCUT2D eigenvalue weighted by atomic mass is 32.2. The van der Waals surface area contributed by atoms with Crippen LogP contribution >= 0.6 is 11.8 Å². The highest BCUT2D eigenvalue weighted by Gasteiger charge is 2.32. The van der Waals surface area contributed by atoms with E-state index in [1.165, 1.54) is 11.8 Å². The molecular formula is C19H25N3O4S. The largest absolute Gasteiger partial charge is 0.497 e. The minimum absolute atomic E-state index is 0.128. The Labute approximate surface area is 163 Å². The van der Waals surface area contributed by atoms with Gasteiger partial charge in [-0.3, -0.25) is 14.6 Å². The fraction of sp³-hybridized carbons (Fsp3) is 0.526. The topological polar surface area (TPSA) is 89.0 Å². The van der Waals surface area contributed by atoms with Gasteiger partial charge in [0, 0.05) is 19.6 Å². The minimum atomic E-state index is -0.422. The molecule has 3 rings (SSSR count). The fourth-order valence-corrected chi connectivity index (χ4v) is 3.95. The van der Waals surface area contributed by atoms with Gasteiger partial charge in [0.2, 0.25) is 11.8 Å². The number of methoxy groups -OCH3 is 1. The predicted octanol–water partition coefficient (Wildman–Crippen LogP) is 1.51. The zero-order valence-corrected chi connectivity index (χ0v) is 16.2. The molecule has 0 unspecified atom stereocenters. The van der Waals surface area contributed by atoms with E-state index in [9.17, 15) is 9.59 Å². The van der Waals surface area contributed by atoms with E-state index in [4.69, 9.17) is 9.47 Å². The van der Waals surface area contributed by atoms with Gasteiger partial charge in [0.25, 0.3) is 0 Å². The number of ether oxygens (including phenoxy) is 2. The first-order valence-corrected chi connectivity index (χ1v) is 10.0. The number of hydrogen-bond donors (Lipinski definition) is 2. The molecule has 2 fully saturated rings. The lowest BCUT2D eigenvalue weighted by molar-refractivity contribution is -0.125. The van der Waals surface area contributed by atoms with E-state index in [1.54, 1.807) is 7.11 Å². The summed E-state index contributed by atoms with van der Waals surface area (Å²) in [5, 5.41) is 5.80. The van der Waals surface area contributed by atoms with Gasteiger partial charge in [-0.15, -0.1) is 0 Å². The van der Waals surface area contributed by atoms with Crippen molar-refractivity contribution in [3.63, 3.8) is 0 Å². The highest BCUT2D eigenvalue weighted by Crippen LogP contribution is 2.23. The third-order valence-corrected chi connectivity index (χ3v) is 5.62. The summed E-state index contributed by atoms with van der Waals surface area (Å²) in [5.41, 5.74) is 1.12. The van der Waals surface area contributed by atoms with E-state index < -0.39 is 5.25 Å². The molecule has 1 aromatic carbocycles. The summed E-state index contributed by atoms with van der Waals surface area (Å²) < 4.78 is 10.6. The number of amidine groups is 1. The summed E-state index contributed by atoms with van der Waals surface area (Å²) in [4.78, 5) is 28.6. The molecule has 0 spiro atoms. The van der Waals surface area contributed by atoms with Crippen molar-refractivity contribution in [2.24, 2.45) is 4.99 Å². The van der Waals surface area contributed by atoms with E-state index in [1.807, 2.05) is 24.3 Å². The third kappa shape index (κ3) is 5.97. The molecule has 1 aromatic rings. The van der Waals surface area contributed by atoms with Crippen molar-refractivity contribution in [2.75, 3.05) is 26.8 Å². The van der Waals surface area contributed by atoms with Crippen LogP contribution in [-0.2, 0) is 20.7 Å². The van der Waals surface area contributed by atoms with Crippen LogP contribution in [0.3, 0.4) is 0 Å². The average molecular weight is 391 g/mol. The lowest BCUT2D eigenvalue weighted by Gasteiger charge is -2.08. The molecule has 0 saturated carbocycles. The Morgan fingerprint density at radius 1 is 1.41 bits per heavy atom. The van der Waals surface area contributed by atoms with Crippen LogP contribution in [0.15, 0.2) is 29.3 Å². The van der Waals surface area contributed by atoms with Crippen LogP contribution in [0.5, 0.6) is 5.75 Å². The molecular weight excluding hydrogens is 366 g/mol. The number of amides is 2. The number of carbonyl (C=O) groups is 2. The number of benzene rings is 1. The summed E-state index contributed by atoms with van der Waals surface area (Å²) >= 11 is 1.32. The zero-order valence-electron chi connectivity index (χ0n) is 15.4. The monoisotopic (exact) mass is 391 g/mol. The Kier molecular flexibility index (Phi) is 7.11. The number of carbonyl (C=O) groups excluding carboxylic acids is 2. The predicted molar refractivity (Wildman–Crippen MR) is 105 cm³/mol. The lowest BCUT2D eigenvalue weighted by Crippen LogP contribution is -2.32. The molecule has 2 atom stereocenters. The SMILES string of the molecule is COc1ccc(CCNC(=O)C[C@@H]2SC(=NC[C@@H]3CCCO3)NC2=O)cc1. The van der Waals surface area contributed by atoms with Crippen LogP contribution in [0, 0.1) is 0 Å². The molecule has 146 valence electrons. The standard InChI is InChI=1S/C19H25N3O4S/c1-25-14-6-4-13(5-7-14)8-9-20-17(23)11-16-18(24)22-19(27-16)21-12-15-3-2-10-26-15/h4-7,15-16H,2-3,8-12H2,1H3,(H,20,23)(H,21,22,24)/t15-,16-/m0/s1. The molecule has 7 nitrogen and oxygen atoms in total. The Bertz CT molecular complexity index is 687. The molecule has 0 radical (unpaired) electrons. The van der Waals surface area contributed by atoms with E-state index in [2.05, 4.69) is 15.6 Å². The molecule has 2 aliphatic rings. The van der Waals surface area contributed by atoms with Gasteiger partial charge in [0.15, 0.2) is 5.17 Å². The van der Waals surface area contributed by atoms with Crippen LogP contribution in [0.2, 0.25) is 0 Å². The van der Waals surface area contributed by atoms with Crippen molar-refractivity contribution in [3.05, 3.63) is 29.8 Å². The molecule has 0 aromatic heterocycles. The average Bonchev–Trinajstić information content (AvgIpc) is 3.31. The number of nitrogens with zero attached hydrogens (tertiary/aromatic N) is 1. The lowest BCUT2D eigenvalue weighted by atomic mass is 10.1. The van der Waals surface area contributed by atoms with Crippen LogP contribution in [0.4, 0.5) is 0 Å². The van der Waals surface area contributed by atoms with Gasteiger partial charge in [0.05, 0.1) is 19.8 Å². The smallest absolute Gasteiger partial charge is 0.240 e. The zero-order chi connectivity index (χ0) is 19.1. The van der Waals surface area contributed by atoms with Crippen molar-refractivity contribution in [2.45, 2.75) is 37.0 Å². The van der Waals surface area contributed by atoms with Gasteiger partial charge in [-0.25, -0.2) is 0 Å². The van der Waals surface area contributed by atoms with Crippen LogP contribution in [0.25, 0.3) is 0 Å². The maximum Gasteiger partial charge on any atom is 0.240 e. The van der Waals surface area contributed by atoms with Crippen molar-refractivity contribution in [1.82, 2.24) is 10.6 Å². The van der Waals surface area contributed by atoms with Gasteiger partial charge in [0.1, 0.15) is 11.0 Å². The second-order valence-electron chi connectivity index (χ2n) is 6.53. The summed E-state index contributed by atoms with van der Waals surface area (Å²) in [6, 6.07) is 7.74. The van der Waals surface area contributed by atoms with Crippen molar-refractivity contribution >= 4 is 28.7 Å². The van der Waals surface area contributed by atoms with E-state index in [0.717, 1.165) is 37.2 Å². The fourth-order valence-electron chi connectivity index (χ4n) is 2.97. The minimum Gasteiger partial charge on any atom is -0.497 e. The number of hydrogen-bond acceptors (Lipinski definition) is 6. The summed E-state index contributed by atoms with van der Waals surface area (Å²) in [7, 11) is 1.63. The van der Waals surface area contributed by atoms with Crippen molar-refractivity contribution in [1.29, 1.82) is 0 Å². The maximum absolute atomic E-state index is 12.1. The van der Waals surface area contributed by atoms with Crippen molar-refractivity contribution < 1.29 is 19.1 Å². The first kappa shape index (κ1) is 19.7. The molecule has 0 bridgehead atoms. The van der Waals surface area contributed by atoms with Gasteiger partial charge in [-0.2, -0.15) is 0 Å². The first-order valence-electron chi connectivity index (χ1n) is 9.17. The maximum atomic E-state index is 12.1. The van der Waals surface area contributed by atoms with Crippen LogP contribution in [0.1, 0.15) is 24.8 Å². The Morgan fingerprint density at radius 3 is 2.93 bits per heavy atom. The third-order valence-electron chi connectivity index (χ3n) is 4.50. The Hall–Kier alpha value is -2.06. The highest BCUT2D eigenvalue weighted by molar-refractivity contribution is 8.15. The van der Waals surface area contributed by atoms with E-state index >= 15 is 0 Å². The number of aliphatic imine (C=N–C) groups is 1. The van der Waals surface area contributed by atoms with Crippen LogP contribution in [-0.4, -0.2) is 55.1 Å². The summed E-state index contributed by atoms with van der Waals surface area (Å²) in [6.45, 7) is 1.88. The second-order valence-corrected chi connectivity index (χ2v) is 7.72. The molecule has 2 saturated heterocycles. The summed E-state index contributed by atoms with van der Waals surface area (Å²) in [6.07, 6.45) is 3.10. The molecule has 2 heterocycles. The molecule has 2 amide bonds. The van der Waals surface area contributed by atoms with Gasteiger partial charge >= 0.3 is 0 Å². The van der Waals surface area contributed by atoms with Gasteiger partial charge in [-0.05, 0) is 37.0 Å². The Balaban J connectivity index is 1.38. The Morgan fingerprint density at radius 2 is 2.22 bits per heavy atom. The quantitative estimate of drug-likeness (QED) is 0.701. The first-order chi connectivity index (χ1) is 13.1. The molecule has 27 heavy (non-hydrogen) atoms. The van der Waals surface area contributed by atoms with E-state index in [-0.39, 0.29) is 24.3 Å². The number of nitrogens with one attached hydrogen (secondary N) is 2. The second kappa shape index (κ2) is 9.75. The van der Waals surface area contributed by atoms with Crippen molar-refractivity contribution in [3.8, 4) is 5.75 Å². The molecule has 2 N–H and O–H groups in total. The number of thioether (sulfide) groups is 1. The van der Waals surface area contributed by atoms with E-state index in [0.29, 0.717) is 18.3 Å². The summed E-state index contributed by atoms with van der Waals surface area (Å²) in [5.74, 6) is 0.525. The molecule has 2 aliphatic heterocycles. The molecule has 8 heteroatoms. The normalized spacial score (nSPS) is 23.4.